The van der Waals surface area contributed by atoms with Crippen molar-refractivity contribution in [3.8, 4) is 0 Å². The van der Waals surface area contributed by atoms with Gasteiger partial charge in [-0.3, -0.25) is 9.59 Å². The molecule has 1 aliphatic rings. The second-order valence-electron chi connectivity index (χ2n) is 6.03. The SMILES string of the molecule is CN(C)CCNC(=O)c1ccc2[nH]c(=O)c3c(c2c1)CCSC3.Cl. The first-order valence-corrected chi connectivity index (χ1v) is 8.90. The van der Waals surface area contributed by atoms with Gasteiger partial charge in [0.1, 0.15) is 0 Å². The molecular formula is C17H22ClN3O2S. The number of amides is 1. The number of fused-ring (bicyclic) bond motifs is 3. The van der Waals surface area contributed by atoms with Crippen molar-refractivity contribution in [3.05, 3.63) is 45.2 Å². The van der Waals surface area contributed by atoms with Crippen LogP contribution in [0.3, 0.4) is 0 Å². The third-order valence-corrected chi connectivity index (χ3v) is 5.07. The van der Waals surface area contributed by atoms with Crippen LogP contribution in [0.5, 0.6) is 0 Å². The van der Waals surface area contributed by atoms with E-state index in [2.05, 4.69) is 10.3 Å². The molecule has 2 aromatic rings. The summed E-state index contributed by atoms with van der Waals surface area (Å²) < 4.78 is 0. The zero-order chi connectivity index (χ0) is 16.4. The summed E-state index contributed by atoms with van der Waals surface area (Å²) in [6, 6.07) is 5.51. The van der Waals surface area contributed by atoms with Crippen molar-refractivity contribution in [3.63, 3.8) is 0 Å². The number of H-pyrrole nitrogens is 1. The maximum Gasteiger partial charge on any atom is 0.252 e. The van der Waals surface area contributed by atoms with Crippen LogP contribution < -0.4 is 10.9 Å². The number of benzene rings is 1. The molecule has 0 atom stereocenters. The molecule has 0 aliphatic carbocycles. The molecule has 0 spiro atoms. The first-order valence-electron chi connectivity index (χ1n) is 7.74. The van der Waals surface area contributed by atoms with Gasteiger partial charge < -0.3 is 15.2 Å². The Labute approximate surface area is 151 Å². The fraction of sp³-hybridized carbons (Fsp3) is 0.412. The minimum Gasteiger partial charge on any atom is -0.351 e. The number of likely N-dealkylation sites (N-methyl/N-ethyl adjacent to an activating group) is 1. The minimum absolute atomic E-state index is 0. The van der Waals surface area contributed by atoms with Gasteiger partial charge in [0.05, 0.1) is 0 Å². The third-order valence-electron chi connectivity index (χ3n) is 4.08. The fourth-order valence-corrected chi connectivity index (χ4v) is 3.83. The number of thioether (sulfide) groups is 1. The predicted octanol–water partition coefficient (Wildman–Crippen LogP) is 2.03. The largest absolute Gasteiger partial charge is 0.351 e. The molecule has 0 unspecified atom stereocenters. The zero-order valence-electron chi connectivity index (χ0n) is 13.8. The van der Waals surface area contributed by atoms with E-state index in [0.717, 1.165) is 46.5 Å². The van der Waals surface area contributed by atoms with E-state index in [9.17, 15) is 9.59 Å². The van der Waals surface area contributed by atoms with E-state index >= 15 is 0 Å². The average molecular weight is 368 g/mol. The van der Waals surface area contributed by atoms with Gasteiger partial charge in [-0.15, -0.1) is 12.4 Å². The number of halogens is 1. The highest BCUT2D eigenvalue weighted by Gasteiger charge is 2.17. The molecule has 130 valence electrons. The smallest absolute Gasteiger partial charge is 0.252 e. The molecule has 0 bridgehead atoms. The standard InChI is InChI=1S/C17H21N3O2S.ClH/c1-20(2)7-6-18-16(21)11-3-4-15-13(9-11)12-5-8-23-10-14(12)17(22)19-15;/h3-4,9H,5-8,10H2,1-2H3,(H,18,21)(H,19,22);1H. The van der Waals surface area contributed by atoms with Crippen molar-refractivity contribution in [1.29, 1.82) is 0 Å². The van der Waals surface area contributed by atoms with E-state index in [0.29, 0.717) is 12.1 Å². The van der Waals surface area contributed by atoms with Crippen molar-refractivity contribution < 1.29 is 4.79 Å². The molecule has 1 aliphatic heterocycles. The Bertz CT molecular complexity index is 804. The van der Waals surface area contributed by atoms with Gasteiger partial charge in [-0.2, -0.15) is 11.8 Å². The first-order chi connectivity index (χ1) is 11.1. The van der Waals surface area contributed by atoms with E-state index in [-0.39, 0.29) is 23.9 Å². The Kier molecular flexibility index (Phi) is 6.32. The topological polar surface area (TPSA) is 65.2 Å². The van der Waals surface area contributed by atoms with Crippen molar-refractivity contribution >= 4 is 41.0 Å². The lowest BCUT2D eigenvalue weighted by Gasteiger charge is -2.17. The Morgan fingerprint density at radius 3 is 2.88 bits per heavy atom. The number of nitrogens with one attached hydrogen (secondary N) is 2. The molecular weight excluding hydrogens is 346 g/mol. The lowest BCUT2D eigenvalue weighted by molar-refractivity contribution is 0.0951. The number of carbonyl (C=O) groups excluding carboxylic acids is 1. The second kappa shape index (κ2) is 8.05. The highest BCUT2D eigenvalue weighted by atomic mass is 35.5. The summed E-state index contributed by atoms with van der Waals surface area (Å²) in [5, 5.41) is 3.93. The number of rotatable bonds is 4. The van der Waals surface area contributed by atoms with Crippen LogP contribution >= 0.6 is 24.2 Å². The van der Waals surface area contributed by atoms with E-state index in [1.807, 2.05) is 31.1 Å². The van der Waals surface area contributed by atoms with Gasteiger partial charge >= 0.3 is 0 Å². The molecule has 7 heteroatoms. The van der Waals surface area contributed by atoms with E-state index < -0.39 is 0 Å². The van der Waals surface area contributed by atoms with Crippen LogP contribution in [-0.2, 0) is 12.2 Å². The zero-order valence-corrected chi connectivity index (χ0v) is 15.5. The Morgan fingerprint density at radius 2 is 2.12 bits per heavy atom. The van der Waals surface area contributed by atoms with Crippen LogP contribution in [0.2, 0.25) is 0 Å². The van der Waals surface area contributed by atoms with Gasteiger partial charge in [-0.05, 0) is 50.0 Å². The molecule has 5 nitrogen and oxygen atoms in total. The van der Waals surface area contributed by atoms with Crippen molar-refractivity contribution in [1.82, 2.24) is 15.2 Å². The first kappa shape index (κ1) is 18.8. The second-order valence-corrected chi connectivity index (χ2v) is 7.14. The van der Waals surface area contributed by atoms with Crippen LogP contribution in [0.15, 0.2) is 23.0 Å². The van der Waals surface area contributed by atoms with Crippen molar-refractivity contribution in [2.75, 3.05) is 32.9 Å². The van der Waals surface area contributed by atoms with Crippen LogP contribution in [0.25, 0.3) is 10.9 Å². The highest BCUT2D eigenvalue weighted by molar-refractivity contribution is 7.98. The van der Waals surface area contributed by atoms with Crippen molar-refractivity contribution in [2.45, 2.75) is 12.2 Å². The number of aryl methyl sites for hydroxylation is 1. The fourth-order valence-electron chi connectivity index (χ4n) is 2.82. The number of nitrogens with zero attached hydrogens (tertiary/aromatic N) is 1. The summed E-state index contributed by atoms with van der Waals surface area (Å²) in [5.74, 6) is 1.70. The van der Waals surface area contributed by atoms with Crippen LogP contribution in [-0.4, -0.2) is 48.7 Å². The highest BCUT2D eigenvalue weighted by Crippen LogP contribution is 2.28. The minimum atomic E-state index is -0.0705. The molecule has 0 saturated carbocycles. The van der Waals surface area contributed by atoms with Gasteiger partial charge in [0.15, 0.2) is 0 Å². The number of hydrogen-bond donors (Lipinski definition) is 2. The number of aromatic nitrogens is 1. The molecule has 2 N–H and O–H groups in total. The Hall–Kier alpha value is -1.50. The molecule has 0 fully saturated rings. The average Bonchev–Trinajstić information content (AvgIpc) is 2.54. The summed E-state index contributed by atoms with van der Waals surface area (Å²) in [7, 11) is 3.95. The normalized spacial score (nSPS) is 13.5. The van der Waals surface area contributed by atoms with Gasteiger partial charge in [0, 0.05) is 40.9 Å². The molecule has 0 radical (unpaired) electrons. The lowest BCUT2D eigenvalue weighted by atomic mass is 9.99. The Morgan fingerprint density at radius 1 is 1.33 bits per heavy atom. The quantitative estimate of drug-likeness (QED) is 0.867. The van der Waals surface area contributed by atoms with Gasteiger partial charge in [0.2, 0.25) is 0 Å². The van der Waals surface area contributed by atoms with Crippen LogP contribution in [0.1, 0.15) is 21.5 Å². The van der Waals surface area contributed by atoms with Gasteiger partial charge in [-0.1, -0.05) is 0 Å². The van der Waals surface area contributed by atoms with Gasteiger partial charge in [0.25, 0.3) is 11.5 Å². The number of pyridine rings is 1. The molecule has 1 amide bonds. The number of carbonyl (C=O) groups is 1. The molecule has 1 aromatic carbocycles. The monoisotopic (exact) mass is 367 g/mol. The summed E-state index contributed by atoms with van der Waals surface area (Å²) in [4.78, 5) is 29.4. The summed E-state index contributed by atoms with van der Waals surface area (Å²) in [6.45, 7) is 1.42. The lowest BCUT2D eigenvalue weighted by Crippen LogP contribution is -2.31. The summed E-state index contributed by atoms with van der Waals surface area (Å²) in [5.41, 5.74) is 3.42. The van der Waals surface area contributed by atoms with E-state index in [4.69, 9.17) is 0 Å². The van der Waals surface area contributed by atoms with Crippen LogP contribution in [0.4, 0.5) is 0 Å². The number of aromatic amines is 1. The summed E-state index contributed by atoms with van der Waals surface area (Å²) >= 11 is 1.78. The summed E-state index contributed by atoms with van der Waals surface area (Å²) in [6.07, 6.45) is 0.881. The van der Waals surface area contributed by atoms with E-state index in [1.165, 1.54) is 0 Å². The number of hydrogen-bond acceptors (Lipinski definition) is 4. The third kappa shape index (κ3) is 3.94. The predicted molar refractivity (Wildman–Crippen MR) is 103 cm³/mol. The maximum absolute atomic E-state index is 12.3. The molecule has 0 saturated heterocycles. The van der Waals surface area contributed by atoms with Crippen molar-refractivity contribution in [2.24, 2.45) is 0 Å². The maximum atomic E-state index is 12.3. The van der Waals surface area contributed by atoms with Gasteiger partial charge in [-0.25, -0.2) is 0 Å². The molecule has 24 heavy (non-hydrogen) atoms. The van der Waals surface area contributed by atoms with Crippen LogP contribution in [0, 0.1) is 0 Å². The Balaban J connectivity index is 0.00000208. The molecule has 3 rings (SSSR count). The molecule has 2 heterocycles. The molecule has 1 aromatic heterocycles. The van der Waals surface area contributed by atoms with E-state index in [1.54, 1.807) is 17.8 Å².